The average molecular weight is 190 g/mol. The van der Waals surface area contributed by atoms with Crippen molar-refractivity contribution in [1.29, 1.82) is 0 Å². The van der Waals surface area contributed by atoms with E-state index in [0.717, 1.165) is 11.8 Å². The van der Waals surface area contributed by atoms with Gasteiger partial charge in [-0.3, -0.25) is 0 Å². The van der Waals surface area contributed by atoms with E-state index in [4.69, 9.17) is 0 Å². The highest BCUT2D eigenvalue weighted by molar-refractivity contribution is 4.46. The zero-order chi connectivity index (χ0) is 10.6. The largest absolute Gasteiger partial charge is 0.0776 e. The van der Waals surface area contributed by atoms with E-state index in [0.29, 0.717) is 0 Å². The van der Waals surface area contributed by atoms with E-state index in [1.54, 1.807) is 0 Å². The molecule has 13 heavy (non-hydrogen) atoms. The minimum atomic E-state index is 0. The molecule has 0 saturated carbocycles. The van der Waals surface area contributed by atoms with Crippen molar-refractivity contribution < 1.29 is 0 Å². The molecule has 0 radical (unpaired) electrons. The monoisotopic (exact) mass is 190 g/mol. The zero-order valence-electron chi connectivity index (χ0n) is 10.6. The van der Waals surface area contributed by atoms with Crippen molar-refractivity contribution in [2.75, 3.05) is 0 Å². The molecule has 0 aliphatic carbocycles. The maximum atomic E-state index is 2.24. The van der Waals surface area contributed by atoms with Gasteiger partial charge in [-0.15, -0.1) is 0 Å². The SMILES string of the molecule is C.CC(C)C(C)C.CCC.CCC. The lowest BCUT2D eigenvalue weighted by atomic mass is 10.0. The van der Waals surface area contributed by atoms with Gasteiger partial charge in [-0.1, -0.05) is 75.7 Å². The summed E-state index contributed by atoms with van der Waals surface area (Å²) in [4.78, 5) is 0. The van der Waals surface area contributed by atoms with Crippen LogP contribution >= 0.6 is 0 Å². The first-order chi connectivity index (χ1) is 5.47. The lowest BCUT2D eigenvalue weighted by Crippen LogP contribution is -1.95. The highest BCUT2D eigenvalue weighted by atomic mass is 14.0. The molecule has 0 aliphatic rings. The van der Waals surface area contributed by atoms with E-state index in [1.165, 1.54) is 12.8 Å². The molecule has 0 nitrogen and oxygen atoms in total. The Morgan fingerprint density at radius 1 is 0.615 bits per heavy atom. The van der Waals surface area contributed by atoms with Crippen molar-refractivity contribution in [3.63, 3.8) is 0 Å². The normalized spacial score (nSPS) is 7.85. The van der Waals surface area contributed by atoms with E-state index in [1.807, 2.05) is 0 Å². The zero-order valence-corrected chi connectivity index (χ0v) is 10.6. The van der Waals surface area contributed by atoms with Crippen LogP contribution in [0.1, 0.15) is 75.7 Å². The van der Waals surface area contributed by atoms with E-state index < -0.39 is 0 Å². The van der Waals surface area contributed by atoms with Crippen molar-refractivity contribution in [3.05, 3.63) is 0 Å². The molecule has 0 atom stereocenters. The van der Waals surface area contributed by atoms with Crippen LogP contribution in [0.3, 0.4) is 0 Å². The van der Waals surface area contributed by atoms with Crippen molar-refractivity contribution in [3.8, 4) is 0 Å². The maximum absolute atomic E-state index is 2.24. The van der Waals surface area contributed by atoms with Gasteiger partial charge >= 0.3 is 0 Å². The van der Waals surface area contributed by atoms with Gasteiger partial charge in [0.15, 0.2) is 0 Å². The van der Waals surface area contributed by atoms with Gasteiger partial charge in [0.2, 0.25) is 0 Å². The summed E-state index contributed by atoms with van der Waals surface area (Å²) in [5.41, 5.74) is 0. The Hall–Kier alpha value is 0. The molecule has 0 heterocycles. The Morgan fingerprint density at radius 3 is 0.692 bits per heavy atom. The molecule has 0 aliphatic heterocycles. The Balaban J connectivity index is -0.0000000501. The molecule has 0 bridgehead atoms. The Labute approximate surface area is 88.1 Å². The van der Waals surface area contributed by atoms with Crippen LogP contribution in [0, 0.1) is 11.8 Å². The maximum Gasteiger partial charge on any atom is -0.0448 e. The van der Waals surface area contributed by atoms with Gasteiger partial charge in [0.05, 0.1) is 0 Å². The smallest absolute Gasteiger partial charge is 0.0448 e. The lowest BCUT2D eigenvalue weighted by Gasteiger charge is -2.05. The molecule has 0 aromatic carbocycles. The second kappa shape index (κ2) is 22.7. The van der Waals surface area contributed by atoms with Crippen LogP contribution in [-0.2, 0) is 0 Å². The van der Waals surface area contributed by atoms with Crippen LogP contribution in [-0.4, -0.2) is 0 Å². The molecule has 0 heteroatoms. The second-order valence-electron chi connectivity index (χ2n) is 3.90. The topological polar surface area (TPSA) is 0 Å². The molecule has 86 valence electrons. The van der Waals surface area contributed by atoms with Crippen LogP contribution in [0.5, 0.6) is 0 Å². The van der Waals surface area contributed by atoms with Gasteiger partial charge in [-0.25, -0.2) is 0 Å². The molecule has 0 fully saturated rings. The lowest BCUT2D eigenvalue weighted by molar-refractivity contribution is 0.457. The number of rotatable bonds is 1. The Bertz CT molecular complexity index is 36.0. The summed E-state index contributed by atoms with van der Waals surface area (Å²) in [6, 6.07) is 0. The van der Waals surface area contributed by atoms with E-state index >= 15 is 0 Å². The first kappa shape index (κ1) is 23.1. The standard InChI is InChI=1S/C6H14.2C3H8.CH4/c1-5(2)6(3)4;2*1-3-2;/h5-6H,1-4H3;2*3H2,1-2H3;1H4. The van der Waals surface area contributed by atoms with Gasteiger partial charge in [-0.2, -0.15) is 0 Å². The van der Waals surface area contributed by atoms with Crippen LogP contribution in [0.15, 0.2) is 0 Å². The molecule has 0 rings (SSSR count). The summed E-state index contributed by atoms with van der Waals surface area (Å²) in [6.45, 7) is 17.5. The van der Waals surface area contributed by atoms with Crippen molar-refractivity contribution >= 4 is 0 Å². The van der Waals surface area contributed by atoms with Crippen LogP contribution < -0.4 is 0 Å². The minimum absolute atomic E-state index is 0. The first-order valence-electron chi connectivity index (χ1n) is 5.47. The summed E-state index contributed by atoms with van der Waals surface area (Å²) >= 11 is 0. The number of hydrogen-bond donors (Lipinski definition) is 0. The van der Waals surface area contributed by atoms with Crippen molar-refractivity contribution in [2.45, 2.75) is 75.7 Å². The predicted octanol–water partition coefficient (Wildman–Crippen LogP) is 5.77. The molecule has 0 aromatic heterocycles. The molecule has 0 unspecified atom stereocenters. The molecule has 0 spiro atoms. The fourth-order valence-electron chi connectivity index (χ4n) is 0. The average Bonchev–Trinajstić information content (AvgIpc) is 1.90. The van der Waals surface area contributed by atoms with Gasteiger partial charge in [0.25, 0.3) is 0 Å². The highest BCUT2D eigenvalue weighted by Gasteiger charge is 1.95. The van der Waals surface area contributed by atoms with Gasteiger partial charge in [-0.05, 0) is 11.8 Å². The third-order valence-corrected chi connectivity index (χ3v) is 1.33. The summed E-state index contributed by atoms with van der Waals surface area (Å²) in [7, 11) is 0. The fourth-order valence-corrected chi connectivity index (χ4v) is 0. The molecule has 0 saturated heterocycles. The highest BCUT2D eigenvalue weighted by Crippen LogP contribution is 2.05. The van der Waals surface area contributed by atoms with Crippen LogP contribution in [0.4, 0.5) is 0 Å². The van der Waals surface area contributed by atoms with Gasteiger partial charge in [0.1, 0.15) is 0 Å². The fraction of sp³-hybridized carbons (Fsp3) is 1.00. The molecular weight excluding hydrogens is 156 g/mol. The summed E-state index contributed by atoms with van der Waals surface area (Å²) in [6.07, 6.45) is 2.50. The van der Waals surface area contributed by atoms with Gasteiger partial charge < -0.3 is 0 Å². The van der Waals surface area contributed by atoms with Crippen LogP contribution in [0.2, 0.25) is 0 Å². The summed E-state index contributed by atoms with van der Waals surface area (Å²) in [5.74, 6) is 1.70. The summed E-state index contributed by atoms with van der Waals surface area (Å²) < 4.78 is 0. The second-order valence-corrected chi connectivity index (χ2v) is 3.90. The Kier molecular flexibility index (Phi) is 40.3. The van der Waals surface area contributed by atoms with Crippen molar-refractivity contribution in [2.24, 2.45) is 11.8 Å². The Morgan fingerprint density at radius 2 is 0.692 bits per heavy atom. The quantitative estimate of drug-likeness (QED) is 0.492. The third-order valence-electron chi connectivity index (χ3n) is 1.33. The minimum Gasteiger partial charge on any atom is -0.0776 e. The molecular formula is C13H34. The van der Waals surface area contributed by atoms with E-state index in [9.17, 15) is 0 Å². The predicted molar refractivity (Wildman–Crippen MR) is 68.3 cm³/mol. The van der Waals surface area contributed by atoms with Crippen LogP contribution in [0.25, 0.3) is 0 Å². The van der Waals surface area contributed by atoms with E-state index in [-0.39, 0.29) is 7.43 Å². The third kappa shape index (κ3) is 75.0. The number of hydrogen-bond acceptors (Lipinski definition) is 0. The van der Waals surface area contributed by atoms with Gasteiger partial charge in [0, 0.05) is 0 Å². The molecule has 0 N–H and O–H groups in total. The van der Waals surface area contributed by atoms with Crippen molar-refractivity contribution in [1.82, 2.24) is 0 Å². The first-order valence-corrected chi connectivity index (χ1v) is 5.47. The molecule has 0 aromatic rings. The molecule has 0 amide bonds. The summed E-state index contributed by atoms with van der Waals surface area (Å²) in [5, 5.41) is 0. The van der Waals surface area contributed by atoms with E-state index in [2.05, 4.69) is 55.4 Å².